The first kappa shape index (κ1) is 29.3. The van der Waals surface area contributed by atoms with E-state index in [1.807, 2.05) is 30.3 Å². The second kappa shape index (κ2) is 10.9. The quantitative estimate of drug-likeness (QED) is 0.253. The first-order chi connectivity index (χ1) is 19.8. The number of aromatic nitrogens is 4. The molecule has 218 valence electrons. The summed E-state index contributed by atoms with van der Waals surface area (Å²) in [5.74, 6) is 0.186. The average Bonchev–Trinajstić information content (AvgIpc) is 3.48. The number of hydrogen-bond acceptors (Lipinski definition) is 8. The minimum absolute atomic E-state index is 0.0254. The molecule has 14 heteroatoms. The summed E-state index contributed by atoms with van der Waals surface area (Å²) in [6.45, 7) is 0.124. The van der Waals surface area contributed by atoms with E-state index >= 15 is 0 Å². The van der Waals surface area contributed by atoms with E-state index in [0.29, 0.717) is 15.6 Å². The van der Waals surface area contributed by atoms with Crippen molar-refractivity contribution in [2.45, 2.75) is 18.4 Å². The minimum Gasteiger partial charge on any atom is -0.482 e. The summed E-state index contributed by atoms with van der Waals surface area (Å²) in [4.78, 5) is 11.7. The summed E-state index contributed by atoms with van der Waals surface area (Å²) in [5, 5.41) is 12.6. The van der Waals surface area contributed by atoms with E-state index in [1.54, 1.807) is 0 Å². The molecule has 5 rings (SSSR count). The molecule has 0 saturated heterocycles. The molecule has 2 aromatic carbocycles. The van der Waals surface area contributed by atoms with Gasteiger partial charge in [-0.15, -0.1) is 0 Å². The molecule has 1 unspecified atom stereocenters. The lowest BCUT2D eigenvalue weighted by Crippen LogP contribution is -2.33. The molecule has 0 spiro atoms. The van der Waals surface area contributed by atoms with Crippen LogP contribution in [0.4, 0.5) is 13.2 Å². The van der Waals surface area contributed by atoms with Gasteiger partial charge in [-0.25, -0.2) is 22.4 Å². The Hall–Kier alpha value is -4.20. The minimum atomic E-state index is -4.84. The van der Waals surface area contributed by atoms with E-state index in [2.05, 4.69) is 15.0 Å². The fourth-order valence-electron chi connectivity index (χ4n) is 4.48. The van der Waals surface area contributed by atoms with Gasteiger partial charge in [0.15, 0.2) is 5.60 Å². The summed E-state index contributed by atoms with van der Waals surface area (Å²) >= 11 is 6.77. The molecule has 5 aromatic rings. The maximum atomic E-state index is 13.6. The maximum Gasteiger partial charge on any atom is 0.433 e. The molecule has 1 atom stereocenters. The van der Waals surface area contributed by atoms with Crippen LogP contribution < -0.4 is 9.47 Å². The highest BCUT2D eigenvalue weighted by molar-refractivity contribution is 7.89. The lowest BCUT2D eigenvalue weighted by molar-refractivity contribution is -0.141. The van der Waals surface area contributed by atoms with Crippen LogP contribution in [0.3, 0.4) is 0 Å². The number of methoxy groups -OCH3 is 1. The van der Waals surface area contributed by atoms with Crippen LogP contribution in [0.2, 0.25) is 5.02 Å². The van der Waals surface area contributed by atoms with Gasteiger partial charge in [-0.2, -0.15) is 13.2 Å². The van der Waals surface area contributed by atoms with Crippen LogP contribution in [0, 0.1) is 0 Å². The second-order valence-corrected chi connectivity index (χ2v) is 11.5. The largest absolute Gasteiger partial charge is 0.482 e. The Morgan fingerprint density at radius 3 is 2.43 bits per heavy atom. The summed E-state index contributed by atoms with van der Waals surface area (Å²) in [5.41, 5.74) is -3.27. The smallest absolute Gasteiger partial charge is 0.433 e. The van der Waals surface area contributed by atoms with Gasteiger partial charge in [-0.3, -0.25) is 4.98 Å². The molecule has 0 saturated carbocycles. The number of imidazole rings is 1. The topological polar surface area (TPSA) is 116 Å². The molecular weight excluding hydrogens is 597 g/mol. The highest BCUT2D eigenvalue weighted by atomic mass is 35.5. The monoisotopic (exact) mass is 618 g/mol. The fourth-order valence-corrected chi connectivity index (χ4v) is 5.53. The second-order valence-electron chi connectivity index (χ2n) is 9.25. The van der Waals surface area contributed by atoms with Crippen molar-refractivity contribution < 1.29 is 36.2 Å². The Morgan fingerprint density at radius 2 is 1.76 bits per heavy atom. The number of benzene rings is 2. The molecule has 9 nitrogen and oxygen atoms in total. The molecule has 0 fully saturated rings. The number of pyridine rings is 2. The first-order valence-electron chi connectivity index (χ1n) is 12.2. The van der Waals surface area contributed by atoms with Gasteiger partial charge in [-0.1, -0.05) is 48.0 Å². The summed E-state index contributed by atoms with van der Waals surface area (Å²) in [6, 6.07) is 15.3. The molecule has 0 amide bonds. The summed E-state index contributed by atoms with van der Waals surface area (Å²) < 4.78 is 78.1. The zero-order valence-electron chi connectivity index (χ0n) is 22.0. The third-order valence-corrected chi connectivity index (χ3v) is 7.87. The van der Waals surface area contributed by atoms with E-state index in [4.69, 9.17) is 21.1 Å². The van der Waals surface area contributed by atoms with Crippen molar-refractivity contribution in [3.05, 3.63) is 112 Å². The number of alkyl halides is 3. The number of ether oxygens (including phenoxy) is 2. The van der Waals surface area contributed by atoms with Crippen molar-refractivity contribution in [2.24, 2.45) is 0 Å². The molecule has 1 N–H and O–H groups in total. The number of rotatable bonds is 8. The van der Waals surface area contributed by atoms with Crippen LogP contribution in [0.1, 0.15) is 28.1 Å². The normalized spacial score (nSPS) is 13.6. The predicted octanol–water partition coefficient (Wildman–Crippen LogP) is 5.18. The Kier molecular flexibility index (Phi) is 7.60. The van der Waals surface area contributed by atoms with Gasteiger partial charge in [0.2, 0.25) is 15.8 Å². The first-order valence-corrected chi connectivity index (χ1v) is 14.4. The van der Waals surface area contributed by atoms with Crippen molar-refractivity contribution >= 4 is 32.5 Å². The van der Waals surface area contributed by atoms with Crippen molar-refractivity contribution in [3.63, 3.8) is 0 Å². The third-order valence-electron chi connectivity index (χ3n) is 6.49. The van der Waals surface area contributed by atoms with Crippen molar-refractivity contribution in [3.8, 4) is 11.6 Å². The molecule has 0 aliphatic carbocycles. The summed E-state index contributed by atoms with van der Waals surface area (Å²) in [6.07, 6.45) is -1.10. The van der Waals surface area contributed by atoms with Crippen LogP contribution in [0.15, 0.2) is 79.4 Å². The highest BCUT2D eigenvalue weighted by Gasteiger charge is 2.41. The average molecular weight is 619 g/mol. The van der Waals surface area contributed by atoms with Gasteiger partial charge < -0.3 is 14.6 Å². The van der Waals surface area contributed by atoms with E-state index in [1.165, 1.54) is 25.3 Å². The molecular formula is C28H22ClF3N4O5S. The molecule has 0 aliphatic rings. The molecule has 0 radical (unpaired) electrons. The van der Waals surface area contributed by atoms with Gasteiger partial charge in [-0.05, 0) is 41.0 Å². The predicted molar refractivity (Wildman–Crippen MR) is 148 cm³/mol. The van der Waals surface area contributed by atoms with Gasteiger partial charge in [0.1, 0.15) is 18.6 Å². The van der Waals surface area contributed by atoms with E-state index in [0.717, 1.165) is 36.6 Å². The number of nitrogens with zero attached hydrogens (tertiary/aromatic N) is 4. The number of halogens is 4. The van der Waals surface area contributed by atoms with E-state index in [9.17, 15) is 26.7 Å². The third kappa shape index (κ3) is 5.38. The Morgan fingerprint density at radius 1 is 1.05 bits per heavy atom. The van der Waals surface area contributed by atoms with Gasteiger partial charge in [0, 0.05) is 11.6 Å². The van der Waals surface area contributed by atoms with Crippen LogP contribution in [-0.2, 0) is 28.4 Å². The van der Waals surface area contributed by atoms with E-state index < -0.39 is 27.5 Å². The molecule has 42 heavy (non-hydrogen) atoms. The summed E-state index contributed by atoms with van der Waals surface area (Å²) in [7, 11) is -2.66. The lowest BCUT2D eigenvalue weighted by Gasteiger charge is -2.30. The van der Waals surface area contributed by atoms with Gasteiger partial charge in [0.25, 0.3) is 5.88 Å². The van der Waals surface area contributed by atoms with Crippen LogP contribution in [0.5, 0.6) is 11.6 Å². The SMILES string of the molecule is COc1nc2ccc(C(O)(c3ccnc(C(F)(F)F)c3)c3cncn3S(C)(=O)=O)cc2c(Cl)c1OCc1ccccc1. The van der Waals surface area contributed by atoms with Gasteiger partial charge in [0.05, 0.1) is 35.8 Å². The molecule has 3 heterocycles. The number of aliphatic hydroxyl groups is 1. The Bertz CT molecular complexity index is 1880. The number of hydrogen-bond donors (Lipinski definition) is 1. The van der Waals surface area contributed by atoms with Crippen LogP contribution >= 0.6 is 11.6 Å². The van der Waals surface area contributed by atoms with Crippen LogP contribution in [0.25, 0.3) is 10.9 Å². The highest BCUT2D eigenvalue weighted by Crippen LogP contribution is 2.44. The molecule has 3 aromatic heterocycles. The van der Waals surface area contributed by atoms with Crippen molar-refractivity contribution in [2.75, 3.05) is 13.4 Å². The molecule has 0 aliphatic heterocycles. The van der Waals surface area contributed by atoms with Crippen molar-refractivity contribution in [1.29, 1.82) is 0 Å². The standard InChI is InChI=1S/C28H22ClF3N4O5S/c1-40-26-25(41-15-17-6-4-3-5-7-17)24(29)20-12-18(8-9-21(20)35-26)27(37,23-14-33-16-36(23)42(2,38)39)19-10-11-34-22(13-19)28(30,31)32/h3-14,16,37H,15H2,1-2H3. The van der Waals surface area contributed by atoms with Gasteiger partial charge >= 0.3 is 6.18 Å². The molecule has 0 bridgehead atoms. The van der Waals surface area contributed by atoms with Crippen molar-refractivity contribution in [1.82, 2.24) is 18.9 Å². The Balaban J connectivity index is 1.74. The maximum absolute atomic E-state index is 13.6. The number of fused-ring (bicyclic) bond motifs is 1. The fraction of sp³-hybridized carbons (Fsp3) is 0.179. The van der Waals surface area contributed by atoms with E-state index in [-0.39, 0.29) is 45.5 Å². The van der Waals surface area contributed by atoms with Crippen LogP contribution in [-0.4, -0.2) is 45.8 Å². The Labute approximate surface area is 243 Å². The zero-order valence-corrected chi connectivity index (χ0v) is 23.6. The lowest BCUT2D eigenvalue weighted by atomic mass is 9.83. The zero-order chi connectivity index (χ0) is 30.3.